The first-order valence-electron chi connectivity index (χ1n) is 5.99. The topological polar surface area (TPSA) is 67.2 Å². The molecular weight excluding hydrogens is 218 g/mol. The predicted octanol–water partition coefficient (Wildman–Crippen LogP) is 1.35. The molecule has 1 heterocycles. The van der Waals surface area contributed by atoms with E-state index in [1.807, 2.05) is 20.8 Å². The van der Waals surface area contributed by atoms with Crippen molar-refractivity contribution in [3.8, 4) is 0 Å². The third-order valence-corrected chi connectivity index (χ3v) is 2.71. The zero-order valence-electron chi connectivity index (χ0n) is 10.8. The van der Waals surface area contributed by atoms with Gasteiger partial charge in [0.25, 0.3) is 5.91 Å². The smallest absolute Gasteiger partial charge is 0.272 e. The first kappa shape index (κ1) is 13.7. The Morgan fingerprint density at radius 1 is 1.53 bits per heavy atom. The number of aliphatic hydroxyl groups excluding tert-OH is 1. The molecule has 96 valence electrons. The maximum absolute atomic E-state index is 11.9. The van der Waals surface area contributed by atoms with Gasteiger partial charge in [-0.15, -0.1) is 0 Å². The summed E-state index contributed by atoms with van der Waals surface area (Å²) in [7, 11) is 0. The molecule has 2 atom stereocenters. The second-order valence-electron chi connectivity index (χ2n) is 4.50. The molecule has 1 amide bonds. The average Bonchev–Trinajstić information content (AvgIpc) is 2.74. The van der Waals surface area contributed by atoms with Crippen LogP contribution >= 0.6 is 0 Å². The number of amides is 1. The summed E-state index contributed by atoms with van der Waals surface area (Å²) in [4.78, 5) is 11.9. The molecule has 0 bridgehead atoms. The lowest BCUT2D eigenvalue weighted by atomic mass is 10.1. The van der Waals surface area contributed by atoms with Crippen LogP contribution in [0.4, 0.5) is 0 Å². The molecule has 0 aliphatic rings. The molecule has 17 heavy (non-hydrogen) atoms. The van der Waals surface area contributed by atoms with E-state index in [1.54, 1.807) is 23.9 Å². The zero-order valence-corrected chi connectivity index (χ0v) is 10.8. The highest BCUT2D eigenvalue weighted by atomic mass is 16.3. The van der Waals surface area contributed by atoms with Gasteiger partial charge in [-0.3, -0.25) is 9.48 Å². The predicted molar refractivity (Wildman–Crippen MR) is 65.8 cm³/mol. The van der Waals surface area contributed by atoms with Crippen molar-refractivity contribution < 1.29 is 9.90 Å². The number of aromatic nitrogens is 2. The van der Waals surface area contributed by atoms with Crippen molar-refractivity contribution in [2.24, 2.45) is 0 Å². The minimum Gasteiger partial charge on any atom is -0.391 e. The molecule has 0 aromatic carbocycles. The number of nitrogens with zero attached hydrogens (tertiary/aromatic N) is 2. The fourth-order valence-electron chi connectivity index (χ4n) is 1.55. The van der Waals surface area contributed by atoms with E-state index in [0.29, 0.717) is 12.1 Å². The van der Waals surface area contributed by atoms with Crippen LogP contribution in [-0.2, 0) is 0 Å². The van der Waals surface area contributed by atoms with Crippen LogP contribution in [0.15, 0.2) is 12.3 Å². The molecule has 0 radical (unpaired) electrons. The van der Waals surface area contributed by atoms with Crippen LogP contribution in [0, 0.1) is 0 Å². The first-order valence-corrected chi connectivity index (χ1v) is 5.99. The van der Waals surface area contributed by atoms with E-state index in [9.17, 15) is 9.90 Å². The van der Waals surface area contributed by atoms with Gasteiger partial charge in [0.15, 0.2) is 0 Å². The number of carbonyl (C=O) groups excluding carboxylic acids is 1. The lowest BCUT2D eigenvalue weighted by Gasteiger charge is -2.18. The zero-order chi connectivity index (χ0) is 13.0. The van der Waals surface area contributed by atoms with Crippen molar-refractivity contribution in [3.63, 3.8) is 0 Å². The lowest BCUT2D eigenvalue weighted by Crippen LogP contribution is -2.41. The van der Waals surface area contributed by atoms with Gasteiger partial charge < -0.3 is 10.4 Å². The van der Waals surface area contributed by atoms with Crippen LogP contribution in [-0.4, -0.2) is 32.9 Å². The fraction of sp³-hybridized carbons (Fsp3) is 0.667. The Morgan fingerprint density at radius 3 is 2.59 bits per heavy atom. The Labute approximate surface area is 102 Å². The molecular formula is C12H21N3O2. The normalized spacial score (nSPS) is 14.7. The summed E-state index contributed by atoms with van der Waals surface area (Å²) in [5.41, 5.74) is 0.387. The largest absolute Gasteiger partial charge is 0.391 e. The van der Waals surface area contributed by atoms with Gasteiger partial charge in [0.05, 0.1) is 12.1 Å². The van der Waals surface area contributed by atoms with E-state index in [1.165, 1.54) is 0 Å². The average molecular weight is 239 g/mol. The van der Waals surface area contributed by atoms with E-state index in [-0.39, 0.29) is 18.0 Å². The molecule has 5 heteroatoms. The summed E-state index contributed by atoms with van der Waals surface area (Å²) in [6.07, 6.45) is 1.91. The SMILES string of the molecule is CC[C@H](NC(=O)c1ccn(C(C)C)n1)[C@H](C)O. The molecule has 0 fully saturated rings. The number of rotatable bonds is 5. The Morgan fingerprint density at radius 2 is 2.18 bits per heavy atom. The van der Waals surface area contributed by atoms with Crippen LogP contribution < -0.4 is 5.32 Å². The van der Waals surface area contributed by atoms with Crippen LogP contribution in [0.5, 0.6) is 0 Å². The standard InChI is InChI=1S/C12H21N3O2/c1-5-10(9(4)16)13-12(17)11-6-7-15(14-11)8(2)3/h6-10,16H,5H2,1-4H3,(H,13,17)/t9-,10-/m0/s1. The molecule has 1 aromatic rings. The Hall–Kier alpha value is -1.36. The van der Waals surface area contributed by atoms with Crippen molar-refractivity contribution in [2.45, 2.75) is 52.3 Å². The summed E-state index contributed by atoms with van der Waals surface area (Å²) >= 11 is 0. The van der Waals surface area contributed by atoms with Gasteiger partial charge in [0.1, 0.15) is 5.69 Å². The molecule has 1 aromatic heterocycles. The third-order valence-electron chi connectivity index (χ3n) is 2.71. The number of hydrogen-bond donors (Lipinski definition) is 2. The molecule has 0 aliphatic heterocycles. The van der Waals surface area contributed by atoms with Gasteiger partial charge in [-0.1, -0.05) is 6.92 Å². The van der Waals surface area contributed by atoms with E-state index in [0.717, 1.165) is 0 Å². The molecule has 1 rings (SSSR count). The van der Waals surface area contributed by atoms with E-state index in [4.69, 9.17) is 0 Å². The van der Waals surface area contributed by atoms with E-state index in [2.05, 4.69) is 10.4 Å². The van der Waals surface area contributed by atoms with Crippen LogP contribution in [0.3, 0.4) is 0 Å². The molecule has 0 unspecified atom stereocenters. The number of aliphatic hydroxyl groups is 1. The number of nitrogens with one attached hydrogen (secondary N) is 1. The minimum absolute atomic E-state index is 0.230. The van der Waals surface area contributed by atoms with Gasteiger partial charge in [0.2, 0.25) is 0 Å². The molecule has 0 saturated carbocycles. The fourth-order valence-corrected chi connectivity index (χ4v) is 1.55. The van der Waals surface area contributed by atoms with Crippen LogP contribution in [0.2, 0.25) is 0 Å². The van der Waals surface area contributed by atoms with Crippen LogP contribution in [0.25, 0.3) is 0 Å². The number of hydrogen-bond acceptors (Lipinski definition) is 3. The van der Waals surface area contributed by atoms with E-state index < -0.39 is 6.10 Å². The van der Waals surface area contributed by atoms with Crippen LogP contribution in [0.1, 0.15) is 50.6 Å². The molecule has 0 aliphatic carbocycles. The maximum atomic E-state index is 11.9. The summed E-state index contributed by atoms with van der Waals surface area (Å²) in [5, 5.41) is 16.4. The molecule has 2 N–H and O–H groups in total. The van der Waals surface area contributed by atoms with Gasteiger partial charge >= 0.3 is 0 Å². The van der Waals surface area contributed by atoms with Gasteiger partial charge in [-0.25, -0.2) is 0 Å². The van der Waals surface area contributed by atoms with Gasteiger partial charge in [-0.05, 0) is 33.3 Å². The Balaban J connectivity index is 2.69. The Bertz CT molecular complexity index is 372. The summed E-state index contributed by atoms with van der Waals surface area (Å²) < 4.78 is 1.73. The van der Waals surface area contributed by atoms with Crippen molar-refractivity contribution in [1.82, 2.24) is 15.1 Å². The minimum atomic E-state index is -0.559. The number of carbonyl (C=O) groups is 1. The quantitative estimate of drug-likeness (QED) is 0.815. The highest BCUT2D eigenvalue weighted by molar-refractivity contribution is 5.92. The van der Waals surface area contributed by atoms with Crippen molar-refractivity contribution in [1.29, 1.82) is 0 Å². The van der Waals surface area contributed by atoms with Crippen molar-refractivity contribution in [3.05, 3.63) is 18.0 Å². The first-order chi connectivity index (χ1) is 7.95. The summed E-state index contributed by atoms with van der Waals surface area (Å²) in [6.45, 7) is 7.59. The van der Waals surface area contributed by atoms with E-state index >= 15 is 0 Å². The molecule has 0 saturated heterocycles. The monoisotopic (exact) mass is 239 g/mol. The summed E-state index contributed by atoms with van der Waals surface area (Å²) in [6, 6.07) is 1.69. The summed E-state index contributed by atoms with van der Waals surface area (Å²) in [5.74, 6) is -0.239. The highest BCUT2D eigenvalue weighted by Gasteiger charge is 2.18. The molecule has 5 nitrogen and oxygen atoms in total. The van der Waals surface area contributed by atoms with Crippen molar-refractivity contribution in [2.75, 3.05) is 0 Å². The lowest BCUT2D eigenvalue weighted by molar-refractivity contribution is 0.0849. The highest BCUT2D eigenvalue weighted by Crippen LogP contribution is 2.05. The second kappa shape index (κ2) is 5.82. The molecule has 0 spiro atoms. The maximum Gasteiger partial charge on any atom is 0.272 e. The van der Waals surface area contributed by atoms with Gasteiger partial charge in [-0.2, -0.15) is 5.10 Å². The Kier molecular flexibility index (Phi) is 4.69. The van der Waals surface area contributed by atoms with Crippen molar-refractivity contribution >= 4 is 5.91 Å². The van der Waals surface area contributed by atoms with Gasteiger partial charge in [0, 0.05) is 12.2 Å². The third kappa shape index (κ3) is 3.56. The second-order valence-corrected chi connectivity index (χ2v) is 4.50.